The van der Waals surface area contributed by atoms with Gasteiger partial charge in [-0.25, -0.2) is 26.5 Å². The molecule has 4 aliphatic heterocycles. The number of likely N-dealkylation sites (tertiary alicyclic amines) is 1. The van der Waals surface area contributed by atoms with Crippen LogP contribution >= 0.6 is 34.7 Å². The first kappa shape index (κ1) is 87.1. The number of pyridine rings is 1. The number of sulfonamides is 1. The minimum Gasteiger partial charge on any atom is -0.391 e. The smallest absolute Gasteiger partial charge is 0.391 e. The van der Waals surface area contributed by atoms with Crippen LogP contribution in [0.2, 0.25) is 5.02 Å². The summed E-state index contributed by atoms with van der Waals surface area (Å²) in [6.07, 6.45) is 8.23. The average Bonchev–Trinajstić information content (AvgIpc) is 0.991. The van der Waals surface area contributed by atoms with Gasteiger partial charge in [0.05, 0.1) is 44.5 Å². The number of benzene rings is 5. The lowest BCUT2D eigenvalue weighted by atomic mass is 9.71. The molecule has 0 saturated carbocycles. The number of fused-ring (bicyclic) bond motifs is 1. The number of alkyl halides is 3. The van der Waals surface area contributed by atoms with Gasteiger partial charge < -0.3 is 35.8 Å². The molecular weight excluding hydrogens is 1580 g/mol. The Balaban J connectivity index is 0.586. The lowest BCUT2D eigenvalue weighted by Crippen LogP contribution is -2.57. The van der Waals surface area contributed by atoms with E-state index in [1.54, 1.807) is 29.7 Å². The Morgan fingerprint density at radius 2 is 1.45 bits per heavy atom. The van der Waals surface area contributed by atoms with Crippen molar-refractivity contribution in [3.63, 3.8) is 0 Å². The molecule has 6 atom stereocenters. The number of sulfone groups is 1. The van der Waals surface area contributed by atoms with Gasteiger partial charge >= 0.3 is 5.51 Å². The maximum Gasteiger partial charge on any atom is 0.501 e. The molecule has 6 heterocycles. The summed E-state index contributed by atoms with van der Waals surface area (Å²) in [5.74, 6) is -1.66. The van der Waals surface area contributed by atoms with Crippen LogP contribution in [-0.4, -0.2) is 207 Å². The number of halogens is 4. The quantitative estimate of drug-likeness (QED) is 0.0200. The molecule has 30 heteroatoms. The number of hydrogen-bond donors (Lipinski definition) is 5. The average molecular weight is 1690 g/mol. The zero-order valence-corrected chi connectivity index (χ0v) is 70.7. The van der Waals surface area contributed by atoms with E-state index in [0.717, 1.165) is 146 Å². The molecule has 622 valence electrons. The molecule has 116 heavy (non-hydrogen) atoms. The highest BCUT2D eigenvalue weighted by molar-refractivity contribution is 7.99. The number of anilines is 2. The van der Waals surface area contributed by atoms with Gasteiger partial charge in [0.25, 0.3) is 25.8 Å². The normalized spacial score (nSPS) is 19.6. The highest BCUT2D eigenvalue weighted by atomic mass is 35.5. The first-order valence-corrected chi connectivity index (χ1v) is 45.2. The van der Waals surface area contributed by atoms with E-state index in [9.17, 15) is 59.1 Å². The number of rotatable bonds is 31. The number of amides is 5. The van der Waals surface area contributed by atoms with Gasteiger partial charge in [-0.05, 0) is 170 Å². The van der Waals surface area contributed by atoms with Gasteiger partial charge in [-0.1, -0.05) is 118 Å². The Labute approximate surface area is 692 Å². The fourth-order valence-electron chi connectivity index (χ4n) is 16.3. The Kier molecular flexibility index (Phi) is 28.7. The maximum atomic E-state index is 14.5. The number of thioether (sulfide) groups is 1. The third-order valence-electron chi connectivity index (χ3n) is 22.9. The predicted molar refractivity (Wildman–Crippen MR) is 449 cm³/mol. The molecule has 5 N–H and O–H groups in total. The second-order valence-corrected chi connectivity index (χ2v) is 38.7. The molecule has 0 spiro atoms. The van der Waals surface area contributed by atoms with E-state index in [0.29, 0.717) is 81.8 Å². The minimum atomic E-state index is -6.13. The summed E-state index contributed by atoms with van der Waals surface area (Å²) in [5, 5.41) is 20.5. The Hall–Kier alpha value is -8.26. The second kappa shape index (κ2) is 38.2. The molecule has 0 radical (unpaired) electrons. The fourth-order valence-corrected chi connectivity index (χ4v) is 20.3. The van der Waals surface area contributed by atoms with E-state index in [-0.39, 0.29) is 54.1 Å². The van der Waals surface area contributed by atoms with Gasteiger partial charge in [-0.2, -0.15) is 13.2 Å². The lowest BCUT2D eigenvalue weighted by molar-refractivity contribution is -0.144. The standard InChI is InChI=1S/C86H106ClF3N12O10S4/c1-58(60-20-22-63(23-21-60)79-59(2)92-57-114-79)93-82(107)75-49-69(103)53-102(75)83(108)80(84(3,4)5)95-77(104)18-12-7-8-13-19-78(105)101-47-43-99(44-48-101)56-85(6)37-34-72(61-24-28-66(87)29-25-61)65(51-85)52-98-41-45-100(46-42-98)68-30-26-64(27-31-68)81(106)96-116(111,112)71-32-33-73(76(50-71)115(109,110)86(88,89)90)94-67(55-113-70-16-10-9-11-17-70)36-40-97-39-35-62-15-14-38-91-74(62)54-97/h9-11,14-17,20-33,38,50,57-58,67,69,75,80,94,103H,7-8,12-13,18-19,34-37,39-49,51-56H2,1-6H3,(H,93,107)(H,95,104)(H,96,106)/t58-,67+,69+,75-,80+,85+/m0/s1. The number of carbonyl (C=O) groups is 5. The van der Waals surface area contributed by atoms with Crippen LogP contribution < -0.4 is 25.6 Å². The SMILES string of the molecule is Cc1ncsc1-c1ccc([C@H](C)NC(=O)[C@@H]2C[C@@H](O)CN2C(=O)[C@@H](NC(=O)CCCCCCC(=O)N2CCN(C[C@]3(C)CCC(c4ccc(Cl)cc4)=C(CN4CCN(c5ccc(C(=O)NS(=O)(=O)c6ccc(N[C@H](CCN7CCc8cccnc8C7)CSc7ccccc7)c(S(=O)(=O)C(F)(F)F)c6)cc5)CC4)C3)CC2)C(C)(C)C)cc1. The van der Waals surface area contributed by atoms with Crippen LogP contribution in [-0.2, 0) is 52.0 Å². The van der Waals surface area contributed by atoms with Crippen molar-refractivity contribution in [2.24, 2.45) is 10.8 Å². The van der Waals surface area contributed by atoms with E-state index in [4.69, 9.17) is 11.6 Å². The number of carbonyl (C=O) groups excluding carboxylic acids is 5. The van der Waals surface area contributed by atoms with Crippen LogP contribution in [0.5, 0.6) is 0 Å². The molecule has 0 unspecified atom stereocenters. The lowest BCUT2D eigenvalue weighted by Gasteiger charge is -2.44. The third-order valence-corrected chi connectivity index (χ3v) is 28.2. The van der Waals surface area contributed by atoms with Crippen molar-refractivity contribution in [3.05, 3.63) is 189 Å². The number of piperazine rings is 2. The van der Waals surface area contributed by atoms with Crippen molar-refractivity contribution in [3.8, 4) is 10.4 Å². The predicted octanol–water partition coefficient (Wildman–Crippen LogP) is 13.2. The van der Waals surface area contributed by atoms with Gasteiger partial charge in [-0.15, -0.1) is 23.1 Å². The summed E-state index contributed by atoms with van der Waals surface area (Å²) in [7, 11) is -11.1. The van der Waals surface area contributed by atoms with Crippen molar-refractivity contribution in [1.82, 2.24) is 49.8 Å². The van der Waals surface area contributed by atoms with Crippen molar-refractivity contribution >= 4 is 101 Å². The largest absolute Gasteiger partial charge is 0.501 e. The monoisotopic (exact) mass is 1690 g/mol. The summed E-state index contributed by atoms with van der Waals surface area (Å²) in [5.41, 5.74) is 4.42. The van der Waals surface area contributed by atoms with E-state index < -0.39 is 82.3 Å². The summed E-state index contributed by atoms with van der Waals surface area (Å²) >= 11 is 9.41. The zero-order valence-electron chi connectivity index (χ0n) is 66.7. The van der Waals surface area contributed by atoms with Gasteiger partial charge in [0.2, 0.25) is 23.6 Å². The van der Waals surface area contributed by atoms with Crippen molar-refractivity contribution in [2.45, 2.75) is 176 Å². The number of aliphatic hydroxyl groups is 1. The van der Waals surface area contributed by atoms with Crippen molar-refractivity contribution in [2.75, 3.05) is 101 Å². The fraction of sp³-hybridized carbons (Fsp3) is 0.477. The Morgan fingerprint density at radius 1 is 0.759 bits per heavy atom. The number of thiazole rings is 1. The first-order valence-electron chi connectivity index (χ1n) is 40.0. The second-order valence-electron chi connectivity index (χ2n) is 32.8. The molecule has 22 nitrogen and oxygen atoms in total. The van der Waals surface area contributed by atoms with Crippen LogP contribution in [0, 0.1) is 17.8 Å². The van der Waals surface area contributed by atoms with Crippen LogP contribution in [0.4, 0.5) is 24.5 Å². The molecule has 2 aromatic heterocycles. The minimum absolute atomic E-state index is 0.0215. The van der Waals surface area contributed by atoms with Crippen LogP contribution in [0.3, 0.4) is 0 Å². The van der Waals surface area contributed by atoms with Gasteiger partial charge in [0, 0.05) is 150 Å². The highest BCUT2D eigenvalue weighted by Gasteiger charge is 2.49. The molecule has 12 rings (SSSR count). The van der Waals surface area contributed by atoms with E-state index in [1.165, 1.54) is 39.9 Å². The Morgan fingerprint density at radius 3 is 2.13 bits per heavy atom. The van der Waals surface area contributed by atoms with Crippen molar-refractivity contribution in [1.29, 1.82) is 0 Å². The van der Waals surface area contributed by atoms with Gasteiger partial charge in [-0.3, -0.25) is 43.7 Å². The zero-order chi connectivity index (χ0) is 82.7. The summed E-state index contributed by atoms with van der Waals surface area (Å²) in [4.78, 5) is 90.4. The van der Waals surface area contributed by atoms with Gasteiger partial charge in [0.15, 0.2) is 0 Å². The summed E-state index contributed by atoms with van der Waals surface area (Å²) < 4.78 is 100. The topological polar surface area (TPSA) is 267 Å². The number of hydrogen-bond acceptors (Lipinski definition) is 19. The number of nitrogens with zero attached hydrogens (tertiary/aromatic N) is 8. The van der Waals surface area contributed by atoms with Crippen molar-refractivity contribution < 1.29 is 59.1 Å². The van der Waals surface area contributed by atoms with Crippen LogP contribution in [0.15, 0.2) is 165 Å². The highest BCUT2D eigenvalue weighted by Crippen LogP contribution is 2.45. The van der Waals surface area contributed by atoms with E-state index in [1.807, 2.05) is 129 Å². The molecule has 5 aliphatic rings. The summed E-state index contributed by atoms with van der Waals surface area (Å²) in [6.45, 7) is 20.8. The number of allylic oxidation sites excluding steroid dienone is 1. The van der Waals surface area contributed by atoms with Gasteiger partial charge in [0.1, 0.15) is 17.0 Å². The maximum absolute atomic E-state index is 14.5. The van der Waals surface area contributed by atoms with Crippen LogP contribution in [0.1, 0.15) is 150 Å². The molecule has 5 amide bonds. The number of unbranched alkanes of at least 4 members (excludes halogenated alkanes) is 3. The molecule has 1 aliphatic carbocycles. The molecule has 3 fully saturated rings. The molecule has 7 aromatic rings. The summed E-state index contributed by atoms with van der Waals surface area (Å²) in [6, 6.07) is 35.3. The number of nitrogens with one attached hydrogen (secondary N) is 4. The first-order chi connectivity index (χ1) is 55.3. The van der Waals surface area contributed by atoms with E-state index >= 15 is 0 Å². The number of β-amino-alcohol motifs (C(OH)–C–C–N with tert-alkyl or cyclic N) is 1. The molecular formula is C86H106ClF3N12O10S4. The number of aryl methyl sites for hydroxylation is 1. The molecule has 0 bridgehead atoms. The Bertz CT molecular complexity index is 4870. The number of aliphatic hydroxyl groups excluding tert-OH is 1. The molecule has 3 saturated heterocycles. The van der Waals surface area contributed by atoms with E-state index in [2.05, 4.69) is 64.6 Å². The van der Waals surface area contributed by atoms with Crippen LogP contribution in [0.25, 0.3) is 16.0 Å². The molecule has 5 aromatic carbocycles. The third kappa shape index (κ3) is 22.4. The number of aromatic nitrogens is 2.